The van der Waals surface area contributed by atoms with Gasteiger partial charge in [-0.25, -0.2) is 0 Å². The van der Waals surface area contributed by atoms with Crippen LogP contribution in [-0.4, -0.2) is 22.5 Å². The number of hydrogen-bond donors (Lipinski definition) is 3. The molecule has 4 nitrogen and oxygen atoms in total. The van der Waals surface area contributed by atoms with Crippen molar-refractivity contribution >= 4 is 5.78 Å². The molecule has 0 heterocycles. The fourth-order valence-electron chi connectivity index (χ4n) is 1.99. The minimum atomic E-state index is -0.266. The molecule has 2 rings (SSSR count). The van der Waals surface area contributed by atoms with Crippen molar-refractivity contribution in [2.24, 2.45) is 0 Å². The zero-order valence-corrected chi connectivity index (χ0v) is 10.1. The van der Waals surface area contributed by atoms with Crippen LogP contribution >= 0.6 is 0 Å². The maximum absolute atomic E-state index is 11.9. The van der Waals surface area contributed by atoms with Crippen molar-refractivity contribution in [1.29, 1.82) is 0 Å². The van der Waals surface area contributed by atoms with E-state index in [2.05, 4.69) is 11.4 Å². The molecule has 1 aliphatic carbocycles. The highest BCUT2D eigenvalue weighted by atomic mass is 16.3. The first kappa shape index (κ1) is 12.5. The minimum absolute atomic E-state index is 0.100. The smallest absolute Gasteiger partial charge is 0.181 e. The summed E-state index contributed by atoms with van der Waals surface area (Å²) in [5.74, 6) is -0.580. The summed E-state index contributed by atoms with van der Waals surface area (Å²) >= 11 is 0. The summed E-state index contributed by atoms with van der Waals surface area (Å²) in [6, 6.07) is 4.12. The second-order valence-corrected chi connectivity index (χ2v) is 4.46. The molecule has 1 aromatic rings. The maximum atomic E-state index is 11.9. The lowest BCUT2D eigenvalue weighted by Gasteiger charge is -2.14. The summed E-state index contributed by atoms with van der Waals surface area (Å²) in [5, 5.41) is 21.6. The molecule has 1 aliphatic rings. The molecule has 0 saturated heterocycles. The van der Waals surface area contributed by atoms with E-state index in [-0.39, 0.29) is 23.8 Å². The van der Waals surface area contributed by atoms with Crippen molar-refractivity contribution in [3.8, 4) is 11.5 Å². The number of aromatic hydroxyl groups is 2. The third-order valence-electron chi connectivity index (χ3n) is 3.06. The molecule has 3 N–H and O–H groups in total. The van der Waals surface area contributed by atoms with Crippen LogP contribution in [0.5, 0.6) is 11.5 Å². The molecule has 0 unspecified atom stereocenters. The highest BCUT2D eigenvalue weighted by Crippen LogP contribution is 2.25. The number of hydrogen-bond acceptors (Lipinski definition) is 4. The molecule has 0 atom stereocenters. The lowest BCUT2D eigenvalue weighted by molar-refractivity contribution is 0.0993. The van der Waals surface area contributed by atoms with Crippen LogP contribution in [0.25, 0.3) is 0 Å². The molecule has 18 heavy (non-hydrogen) atoms. The highest BCUT2D eigenvalue weighted by molar-refractivity contribution is 5.98. The van der Waals surface area contributed by atoms with Gasteiger partial charge in [0.05, 0.1) is 6.54 Å². The third-order valence-corrected chi connectivity index (χ3v) is 3.06. The van der Waals surface area contributed by atoms with Crippen LogP contribution in [0.1, 0.15) is 36.0 Å². The Morgan fingerprint density at radius 1 is 1.22 bits per heavy atom. The van der Waals surface area contributed by atoms with Crippen LogP contribution in [0.3, 0.4) is 0 Å². The number of phenolic OH excluding ortho intramolecular Hbond substituents is 2. The molecule has 0 aliphatic heterocycles. The van der Waals surface area contributed by atoms with Crippen molar-refractivity contribution in [3.05, 3.63) is 35.5 Å². The summed E-state index contributed by atoms with van der Waals surface area (Å²) in [6.07, 6.45) is 6.56. The van der Waals surface area contributed by atoms with Gasteiger partial charge in [0.1, 0.15) is 0 Å². The Kier molecular flexibility index (Phi) is 3.87. The van der Waals surface area contributed by atoms with Gasteiger partial charge < -0.3 is 15.5 Å². The first-order valence-corrected chi connectivity index (χ1v) is 6.15. The largest absolute Gasteiger partial charge is 0.504 e. The SMILES string of the molecule is O=C(CNC1=CCCCC1)c1ccc(O)c(O)c1. The molecular weight excluding hydrogens is 230 g/mol. The van der Waals surface area contributed by atoms with Gasteiger partial charge in [-0.2, -0.15) is 0 Å². The number of carbonyl (C=O) groups is 1. The molecule has 0 aromatic heterocycles. The van der Waals surface area contributed by atoms with E-state index < -0.39 is 0 Å². The number of carbonyl (C=O) groups excluding carboxylic acids is 1. The van der Waals surface area contributed by atoms with Crippen LogP contribution in [0, 0.1) is 0 Å². The van der Waals surface area contributed by atoms with Crippen LogP contribution < -0.4 is 5.32 Å². The molecule has 1 aromatic carbocycles. The van der Waals surface area contributed by atoms with Crippen molar-refractivity contribution in [1.82, 2.24) is 5.32 Å². The van der Waals surface area contributed by atoms with Crippen LogP contribution in [0.4, 0.5) is 0 Å². The number of ketones is 1. The van der Waals surface area contributed by atoms with E-state index >= 15 is 0 Å². The monoisotopic (exact) mass is 247 g/mol. The summed E-state index contributed by atoms with van der Waals surface area (Å²) in [7, 11) is 0. The van der Waals surface area contributed by atoms with E-state index in [1.807, 2.05) is 0 Å². The van der Waals surface area contributed by atoms with Crippen molar-refractivity contribution in [2.75, 3.05) is 6.54 Å². The second kappa shape index (κ2) is 5.58. The minimum Gasteiger partial charge on any atom is -0.504 e. The van der Waals surface area contributed by atoms with Gasteiger partial charge in [-0.1, -0.05) is 6.08 Å². The van der Waals surface area contributed by atoms with Crippen molar-refractivity contribution < 1.29 is 15.0 Å². The predicted octanol–water partition coefficient (Wildman–Crippen LogP) is 2.33. The third kappa shape index (κ3) is 3.03. The van der Waals surface area contributed by atoms with Crippen LogP contribution in [0.2, 0.25) is 0 Å². The fourth-order valence-corrected chi connectivity index (χ4v) is 1.99. The second-order valence-electron chi connectivity index (χ2n) is 4.46. The molecule has 96 valence electrons. The Balaban J connectivity index is 1.95. The lowest BCUT2D eigenvalue weighted by Crippen LogP contribution is -2.23. The number of nitrogens with one attached hydrogen (secondary N) is 1. The molecule has 4 heteroatoms. The number of allylic oxidation sites excluding steroid dienone is 2. The summed E-state index contributed by atoms with van der Waals surface area (Å²) < 4.78 is 0. The zero-order valence-electron chi connectivity index (χ0n) is 10.1. The Labute approximate surface area is 106 Å². The van der Waals surface area contributed by atoms with E-state index in [9.17, 15) is 15.0 Å². The molecule has 0 bridgehead atoms. The van der Waals surface area contributed by atoms with Crippen molar-refractivity contribution in [3.63, 3.8) is 0 Å². The fraction of sp³-hybridized carbons (Fsp3) is 0.357. The number of phenols is 2. The number of Topliss-reactive ketones (excluding diaryl/α,β-unsaturated/α-hetero) is 1. The average molecular weight is 247 g/mol. The zero-order chi connectivity index (χ0) is 13.0. The Morgan fingerprint density at radius 2 is 2.06 bits per heavy atom. The molecule has 0 spiro atoms. The lowest BCUT2D eigenvalue weighted by atomic mass is 10.0. The molecular formula is C14H17NO3. The topological polar surface area (TPSA) is 69.6 Å². The Hall–Kier alpha value is -1.97. The molecule has 0 radical (unpaired) electrons. The van der Waals surface area contributed by atoms with Crippen molar-refractivity contribution in [2.45, 2.75) is 25.7 Å². The van der Waals surface area contributed by atoms with Gasteiger partial charge in [0, 0.05) is 11.3 Å². The van der Waals surface area contributed by atoms with E-state index in [4.69, 9.17) is 0 Å². The van der Waals surface area contributed by atoms with Crippen LogP contribution in [0.15, 0.2) is 30.0 Å². The first-order valence-electron chi connectivity index (χ1n) is 6.15. The van der Waals surface area contributed by atoms with Gasteiger partial charge in [0.2, 0.25) is 0 Å². The number of rotatable bonds is 4. The Morgan fingerprint density at radius 3 is 2.72 bits per heavy atom. The number of benzene rings is 1. The van der Waals surface area contributed by atoms with Gasteiger partial charge in [-0.05, 0) is 43.9 Å². The standard InChI is InChI=1S/C14H17NO3/c16-12-7-6-10(8-13(12)17)14(18)9-15-11-4-2-1-3-5-11/h4,6-8,15-17H,1-3,5,9H2. The highest BCUT2D eigenvalue weighted by Gasteiger charge is 2.10. The summed E-state index contributed by atoms with van der Waals surface area (Å²) in [4.78, 5) is 11.9. The Bertz CT molecular complexity index is 480. The van der Waals surface area contributed by atoms with E-state index in [0.29, 0.717) is 5.56 Å². The van der Waals surface area contributed by atoms with E-state index in [0.717, 1.165) is 25.0 Å². The molecule has 0 saturated carbocycles. The van der Waals surface area contributed by atoms with Gasteiger partial charge in [0.25, 0.3) is 0 Å². The van der Waals surface area contributed by atoms with Gasteiger partial charge in [0.15, 0.2) is 17.3 Å². The van der Waals surface area contributed by atoms with Gasteiger partial charge >= 0.3 is 0 Å². The summed E-state index contributed by atoms with van der Waals surface area (Å²) in [6.45, 7) is 0.218. The molecule has 0 amide bonds. The first-order chi connectivity index (χ1) is 8.66. The van der Waals surface area contributed by atoms with Gasteiger partial charge in [-0.3, -0.25) is 4.79 Å². The summed E-state index contributed by atoms with van der Waals surface area (Å²) in [5.41, 5.74) is 1.52. The van der Waals surface area contributed by atoms with E-state index in [1.54, 1.807) is 0 Å². The normalized spacial score (nSPS) is 15.0. The average Bonchev–Trinajstić information content (AvgIpc) is 2.40. The predicted molar refractivity (Wildman–Crippen MR) is 68.7 cm³/mol. The van der Waals surface area contributed by atoms with Gasteiger partial charge in [-0.15, -0.1) is 0 Å². The van der Waals surface area contributed by atoms with Crippen LogP contribution in [-0.2, 0) is 0 Å². The maximum Gasteiger partial charge on any atom is 0.181 e. The quantitative estimate of drug-likeness (QED) is 0.564. The van der Waals surface area contributed by atoms with E-state index in [1.165, 1.54) is 24.6 Å². The molecule has 0 fully saturated rings.